The molecular weight excluding hydrogens is 394 g/mol. The van der Waals surface area contributed by atoms with Crippen LogP contribution in [0.1, 0.15) is 40.9 Å². The summed E-state index contributed by atoms with van der Waals surface area (Å²) in [7, 11) is 0. The Morgan fingerprint density at radius 1 is 1.14 bits per heavy atom. The fourth-order valence-electron chi connectivity index (χ4n) is 2.93. The lowest BCUT2D eigenvalue weighted by molar-refractivity contribution is -0.143. The third kappa shape index (κ3) is 5.03. The topological polar surface area (TPSA) is 85.6 Å². The summed E-state index contributed by atoms with van der Waals surface area (Å²) in [5.41, 5.74) is 1.17. The highest BCUT2D eigenvalue weighted by atomic mass is 35.5. The van der Waals surface area contributed by atoms with Gasteiger partial charge in [-0.1, -0.05) is 41.4 Å². The zero-order chi connectivity index (χ0) is 21.0. The minimum Gasteiger partial charge on any atom is -0.466 e. The van der Waals surface area contributed by atoms with Gasteiger partial charge in [0.2, 0.25) is 0 Å². The number of benzene rings is 2. The fraction of sp³-hybridized carbons (Fsp3) is 0.227. The summed E-state index contributed by atoms with van der Waals surface area (Å²) in [6.45, 7) is 3.89. The third-order valence-electron chi connectivity index (χ3n) is 4.40. The fourth-order valence-corrected chi connectivity index (χ4v) is 3.11. The van der Waals surface area contributed by atoms with Crippen molar-refractivity contribution in [1.82, 2.24) is 5.32 Å². The van der Waals surface area contributed by atoms with E-state index in [0.29, 0.717) is 16.0 Å². The van der Waals surface area contributed by atoms with Gasteiger partial charge in [0.25, 0.3) is 5.91 Å². The lowest BCUT2D eigenvalue weighted by Crippen LogP contribution is -2.33. The molecule has 0 spiro atoms. The maximum absolute atomic E-state index is 12.8. The van der Waals surface area contributed by atoms with Gasteiger partial charge in [0.15, 0.2) is 0 Å². The van der Waals surface area contributed by atoms with Gasteiger partial charge in [-0.3, -0.25) is 9.59 Å². The molecule has 1 N–H and O–H groups in total. The van der Waals surface area contributed by atoms with E-state index < -0.39 is 23.5 Å². The molecule has 1 atom stereocenters. The predicted octanol–water partition coefficient (Wildman–Crippen LogP) is 4.18. The molecule has 1 aromatic heterocycles. The number of esters is 1. The monoisotopic (exact) mass is 413 g/mol. The normalized spacial score (nSPS) is 11.8. The summed E-state index contributed by atoms with van der Waals surface area (Å²) in [6, 6.07) is 12.9. The van der Waals surface area contributed by atoms with Gasteiger partial charge in [-0.15, -0.1) is 0 Å². The van der Waals surface area contributed by atoms with Crippen LogP contribution in [0.15, 0.2) is 57.7 Å². The summed E-state index contributed by atoms with van der Waals surface area (Å²) in [6.07, 6.45) is -0.0621. The van der Waals surface area contributed by atoms with Crippen LogP contribution in [0.3, 0.4) is 0 Å². The van der Waals surface area contributed by atoms with Gasteiger partial charge in [0, 0.05) is 10.4 Å². The molecule has 0 fully saturated rings. The van der Waals surface area contributed by atoms with Crippen molar-refractivity contribution in [3.8, 4) is 0 Å². The highest BCUT2D eigenvalue weighted by Gasteiger charge is 2.22. The van der Waals surface area contributed by atoms with Crippen molar-refractivity contribution in [3.05, 3.63) is 80.7 Å². The summed E-state index contributed by atoms with van der Waals surface area (Å²) in [4.78, 5) is 37.1. The van der Waals surface area contributed by atoms with Gasteiger partial charge in [0.05, 0.1) is 19.1 Å². The third-order valence-corrected chi connectivity index (χ3v) is 4.64. The number of amides is 1. The maximum Gasteiger partial charge on any atom is 0.349 e. The van der Waals surface area contributed by atoms with Gasteiger partial charge >= 0.3 is 11.6 Å². The van der Waals surface area contributed by atoms with Crippen LogP contribution >= 0.6 is 11.6 Å². The first-order valence-corrected chi connectivity index (χ1v) is 9.51. The molecule has 0 aliphatic rings. The smallest absolute Gasteiger partial charge is 0.349 e. The minimum absolute atomic E-state index is 0.0621. The van der Waals surface area contributed by atoms with Crippen molar-refractivity contribution in [2.75, 3.05) is 6.61 Å². The minimum atomic E-state index is -0.767. The van der Waals surface area contributed by atoms with Crippen LogP contribution in [0.25, 0.3) is 11.0 Å². The Kier molecular flexibility index (Phi) is 6.34. The number of aryl methyl sites for hydroxylation is 1. The molecule has 0 unspecified atom stereocenters. The SMILES string of the molecule is CCOC(=O)C[C@H](NC(=O)c1cc2cc(Cl)ccc2oc1=O)c1ccc(C)cc1. The number of carbonyl (C=O) groups excluding carboxylic acids is 2. The van der Waals surface area contributed by atoms with Crippen molar-refractivity contribution in [2.45, 2.75) is 26.3 Å². The van der Waals surface area contributed by atoms with E-state index in [4.69, 9.17) is 20.8 Å². The first kappa shape index (κ1) is 20.6. The zero-order valence-corrected chi connectivity index (χ0v) is 16.8. The Morgan fingerprint density at radius 3 is 2.55 bits per heavy atom. The standard InChI is InChI=1S/C22H20ClNO5/c1-3-28-20(25)12-18(14-6-4-13(2)5-7-14)24-21(26)17-11-15-10-16(23)8-9-19(15)29-22(17)27/h4-11,18H,3,12H2,1-2H3,(H,24,26)/t18-/m0/s1. The van der Waals surface area contributed by atoms with E-state index in [1.165, 1.54) is 6.07 Å². The van der Waals surface area contributed by atoms with E-state index in [2.05, 4.69) is 5.32 Å². The first-order chi connectivity index (χ1) is 13.9. The molecule has 0 bridgehead atoms. The highest BCUT2D eigenvalue weighted by molar-refractivity contribution is 6.31. The number of rotatable bonds is 6. The Hall–Kier alpha value is -3.12. The van der Waals surface area contributed by atoms with Gasteiger partial charge in [-0.05, 0) is 43.7 Å². The number of nitrogens with one attached hydrogen (secondary N) is 1. The molecule has 0 aliphatic heterocycles. The molecule has 1 amide bonds. The largest absolute Gasteiger partial charge is 0.466 e. The molecule has 29 heavy (non-hydrogen) atoms. The Labute approximate surface area is 172 Å². The second-order valence-corrected chi connectivity index (χ2v) is 7.01. The van der Waals surface area contributed by atoms with Gasteiger partial charge in [-0.25, -0.2) is 4.79 Å². The molecule has 3 rings (SSSR count). The van der Waals surface area contributed by atoms with Crippen molar-refractivity contribution in [3.63, 3.8) is 0 Å². The van der Waals surface area contributed by atoms with E-state index >= 15 is 0 Å². The van der Waals surface area contributed by atoms with Crippen molar-refractivity contribution < 1.29 is 18.7 Å². The van der Waals surface area contributed by atoms with Crippen molar-refractivity contribution in [1.29, 1.82) is 0 Å². The highest BCUT2D eigenvalue weighted by Crippen LogP contribution is 2.21. The molecular formula is C22H20ClNO5. The first-order valence-electron chi connectivity index (χ1n) is 9.14. The van der Waals surface area contributed by atoms with E-state index in [1.807, 2.05) is 31.2 Å². The average molecular weight is 414 g/mol. The van der Waals surface area contributed by atoms with E-state index in [0.717, 1.165) is 11.1 Å². The molecule has 7 heteroatoms. The molecule has 0 saturated carbocycles. The predicted molar refractivity (Wildman–Crippen MR) is 110 cm³/mol. The molecule has 0 saturated heterocycles. The summed E-state index contributed by atoms with van der Waals surface area (Å²) in [5.74, 6) is -1.09. The summed E-state index contributed by atoms with van der Waals surface area (Å²) < 4.78 is 10.2. The molecule has 150 valence electrons. The van der Waals surface area contributed by atoms with Gasteiger partial charge < -0.3 is 14.5 Å². The van der Waals surface area contributed by atoms with E-state index in [-0.39, 0.29) is 18.6 Å². The molecule has 0 radical (unpaired) electrons. The van der Waals surface area contributed by atoms with Crippen LogP contribution in [0.2, 0.25) is 5.02 Å². The van der Waals surface area contributed by atoms with Crippen molar-refractivity contribution in [2.24, 2.45) is 0 Å². The second kappa shape index (κ2) is 8.92. The quantitative estimate of drug-likeness (QED) is 0.484. The van der Waals surface area contributed by atoms with Crippen LogP contribution in [0.4, 0.5) is 0 Å². The Bertz CT molecular complexity index is 1100. The maximum atomic E-state index is 12.8. The number of hydrogen-bond acceptors (Lipinski definition) is 5. The van der Waals surface area contributed by atoms with Gasteiger partial charge in [-0.2, -0.15) is 0 Å². The van der Waals surface area contributed by atoms with Crippen molar-refractivity contribution >= 4 is 34.4 Å². The Balaban J connectivity index is 1.92. The molecule has 2 aromatic carbocycles. The molecule has 3 aromatic rings. The lowest BCUT2D eigenvalue weighted by atomic mass is 10.0. The number of carbonyl (C=O) groups is 2. The van der Waals surface area contributed by atoms with Crippen LogP contribution in [0.5, 0.6) is 0 Å². The molecule has 6 nitrogen and oxygen atoms in total. The number of hydrogen-bond donors (Lipinski definition) is 1. The number of fused-ring (bicyclic) bond motifs is 1. The van der Waals surface area contributed by atoms with Crippen LogP contribution < -0.4 is 10.9 Å². The van der Waals surface area contributed by atoms with Gasteiger partial charge in [0.1, 0.15) is 11.1 Å². The van der Waals surface area contributed by atoms with Crippen LogP contribution in [0, 0.1) is 6.92 Å². The second-order valence-electron chi connectivity index (χ2n) is 6.58. The van der Waals surface area contributed by atoms with Crippen LogP contribution in [-0.4, -0.2) is 18.5 Å². The summed E-state index contributed by atoms with van der Waals surface area (Å²) in [5, 5.41) is 3.73. The lowest BCUT2D eigenvalue weighted by Gasteiger charge is -2.18. The van der Waals surface area contributed by atoms with E-state index in [1.54, 1.807) is 25.1 Å². The average Bonchev–Trinajstić information content (AvgIpc) is 2.68. The molecule has 0 aliphatic carbocycles. The number of ether oxygens (including phenoxy) is 1. The molecule has 1 heterocycles. The Morgan fingerprint density at radius 2 is 1.86 bits per heavy atom. The zero-order valence-electron chi connectivity index (χ0n) is 16.0. The number of halogens is 1. The van der Waals surface area contributed by atoms with E-state index in [9.17, 15) is 14.4 Å². The van der Waals surface area contributed by atoms with Crippen LogP contribution in [-0.2, 0) is 9.53 Å². The summed E-state index contributed by atoms with van der Waals surface area (Å²) >= 11 is 5.98.